The summed E-state index contributed by atoms with van der Waals surface area (Å²) >= 11 is 4.57. The standard InChI is InChI=1S/C15H13BrF3NO2S/c1-22-11-2-3-13(16)12(6-11)14(21)20(9-15(17,18)19)7-10-4-5-23-8-10/h2-6,8H,7,9H2,1H3. The van der Waals surface area contributed by atoms with Crippen molar-refractivity contribution in [1.82, 2.24) is 4.90 Å². The summed E-state index contributed by atoms with van der Waals surface area (Å²) in [6, 6.07) is 6.31. The first-order chi connectivity index (χ1) is 10.8. The zero-order valence-corrected chi connectivity index (χ0v) is 14.5. The van der Waals surface area contributed by atoms with Crippen LogP contribution >= 0.6 is 27.3 Å². The smallest absolute Gasteiger partial charge is 0.406 e. The maximum atomic E-state index is 12.8. The van der Waals surface area contributed by atoms with Crippen molar-refractivity contribution in [1.29, 1.82) is 0 Å². The number of halogens is 4. The molecule has 0 bridgehead atoms. The van der Waals surface area contributed by atoms with Crippen molar-refractivity contribution >= 4 is 33.2 Å². The molecule has 0 aliphatic carbocycles. The number of carbonyl (C=O) groups excluding carboxylic acids is 1. The van der Waals surface area contributed by atoms with Crippen molar-refractivity contribution in [3.8, 4) is 5.75 Å². The molecule has 0 saturated heterocycles. The average molecular weight is 408 g/mol. The summed E-state index contributed by atoms with van der Waals surface area (Å²) in [5, 5.41) is 3.48. The van der Waals surface area contributed by atoms with Crippen LogP contribution < -0.4 is 4.74 Å². The van der Waals surface area contributed by atoms with Gasteiger partial charge in [-0.25, -0.2) is 0 Å². The van der Waals surface area contributed by atoms with Gasteiger partial charge in [0.15, 0.2) is 0 Å². The Hall–Kier alpha value is -1.54. The van der Waals surface area contributed by atoms with Crippen LogP contribution in [0.5, 0.6) is 5.75 Å². The van der Waals surface area contributed by atoms with Gasteiger partial charge < -0.3 is 9.64 Å². The van der Waals surface area contributed by atoms with Gasteiger partial charge in [0, 0.05) is 11.0 Å². The number of amides is 1. The first kappa shape index (κ1) is 17.8. The molecular formula is C15H13BrF3NO2S. The van der Waals surface area contributed by atoms with Crippen LogP contribution in [0.25, 0.3) is 0 Å². The van der Waals surface area contributed by atoms with Crippen LogP contribution in [0.3, 0.4) is 0 Å². The topological polar surface area (TPSA) is 29.5 Å². The number of thiophene rings is 1. The molecule has 0 aliphatic rings. The van der Waals surface area contributed by atoms with E-state index in [9.17, 15) is 18.0 Å². The largest absolute Gasteiger partial charge is 0.497 e. The van der Waals surface area contributed by atoms with Crippen LogP contribution in [0.1, 0.15) is 15.9 Å². The number of hydrogen-bond donors (Lipinski definition) is 0. The van der Waals surface area contributed by atoms with Crippen LogP contribution in [-0.2, 0) is 6.54 Å². The molecule has 2 rings (SSSR count). The molecule has 3 nitrogen and oxygen atoms in total. The summed E-state index contributed by atoms with van der Waals surface area (Å²) in [7, 11) is 1.43. The van der Waals surface area contributed by atoms with Crippen molar-refractivity contribution in [2.24, 2.45) is 0 Å². The fraction of sp³-hybridized carbons (Fsp3) is 0.267. The van der Waals surface area contributed by atoms with Crippen LogP contribution in [0.2, 0.25) is 0 Å². The molecule has 0 aliphatic heterocycles. The number of nitrogens with zero attached hydrogens (tertiary/aromatic N) is 1. The van der Waals surface area contributed by atoms with Gasteiger partial charge in [0.05, 0.1) is 12.7 Å². The van der Waals surface area contributed by atoms with E-state index in [0.717, 1.165) is 4.90 Å². The number of methoxy groups -OCH3 is 1. The summed E-state index contributed by atoms with van der Waals surface area (Å²) in [5.41, 5.74) is 0.787. The van der Waals surface area contributed by atoms with Gasteiger partial charge in [-0.15, -0.1) is 0 Å². The number of ether oxygens (including phenoxy) is 1. The summed E-state index contributed by atoms with van der Waals surface area (Å²) in [6.45, 7) is -1.42. The fourth-order valence-electron chi connectivity index (χ4n) is 1.98. The quantitative estimate of drug-likeness (QED) is 0.717. The third-order valence-electron chi connectivity index (χ3n) is 3.01. The summed E-state index contributed by atoms with van der Waals surface area (Å²) < 4.78 is 43.9. The average Bonchev–Trinajstić information content (AvgIpc) is 2.98. The molecule has 8 heteroatoms. The third-order valence-corrected chi connectivity index (χ3v) is 4.44. The van der Waals surface area contributed by atoms with E-state index in [2.05, 4.69) is 15.9 Å². The van der Waals surface area contributed by atoms with Gasteiger partial charge in [0.1, 0.15) is 12.3 Å². The number of hydrogen-bond acceptors (Lipinski definition) is 3. The highest BCUT2D eigenvalue weighted by atomic mass is 79.9. The zero-order chi connectivity index (χ0) is 17.0. The normalized spacial score (nSPS) is 11.3. The molecule has 1 aromatic carbocycles. The second-order valence-electron chi connectivity index (χ2n) is 4.75. The summed E-state index contributed by atoms with van der Waals surface area (Å²) in [5.74, 6) is -0.307. The molecule has 0 unspecified atom stereocenters. The Labute approximate surface area is 143 Å². The molecule has 0 fully saturated rings. The molecule has 124 valence electrons. The van der Waals surface area contributed by atoms with Crippen molar-refractivity contribution in [2.75, 3.05) is 13.7 Å². The molecule has 2 aromatic rings. The molecule has 0 N–H and O–H groups in total. The summed E-state index contributed by atoms with van der Waals surface area (Å²) in [4.78, 5) is 13.4. The lowest BCUT2D eigenvalue weighted by atomic mass is 10.1. The molecule has 1 heterocycles. The fourth-order valence-corrected chi connectivity index (χ4v) is 3.06. The SMILES string of the molecule is COc1ccc(Br)c(C(=O)N(Cc2ccsc2)CC(F)(F)F)c1. The molecule has 0 atom stereocenters. The highest BCUT2D eigenvalue weighted by Gasteiger charge is 2.34. The van der Waals surface area contributed by atoms with Gasteiger partial charge in [-0.05, 0) is 56.5 Å². The predicted molar refractivity (Wildman–Crippen MR) is 85.8 cm³/mol. The van der Waals surface area contributed by atoms with Crippen LogP contribution in [-0.4, -0.2) is 30.6 Å². The minimum absolute atomic E-state index is 0.106. The lowest BCUT2D eigenvalue weighted by Crippen LogP contribution is -2.38. The maximum absolute atomic E-state index is 12.8. The van der Waals surface area contributed by atoms with Crippen LogP contribution in [0.15, 0.2) is 39.5 Å². The Morgan fingerprint density at radius 3 is 2.65 bits per heavy atom. The van der Waals surface area contributed by atoms with E-state index in [-0.39, 0.29) is 12.1 Å². The Morgan fingerprint density at radius 1 is 1.35 bits per heavy atom. The summed E-state index contributed by atoms with van der Waals surface area (Å²) in [6.07, 6.45) is -4.48. The minimum atomic E-state index is -4.48. The van der Waals surface area contributed by atoms with Gasteiger partial charge in [-0.1, -0.05) is 0 Å². The highest BCUT2D eigenvalue weighted by Crippen LogP contribution is 2.26. The second kappa shape index (κ2) is 7.35. The zero-order valence-electron chi connectivity index (χ0n) is 12.1. The van der Waals surface area contributed by atoms with Crippen LogP contribution in [0, 0.1) is 0 Å². The lowest BCUT2D eigenvalue weighted by Gasteiger charge is -2.24. The van der Waals surface area contributed by atoms with Crippen molar-refractivity contribution in [2.45, 2.75) is 12.7 Å². The van der Waals surface area contributed by atoms with E-state index in [4.69, 9.17) is 4.74 Å². The van der Waals surface area contributed by atoms with Crippen molar-refractivity contribution in [3.05, 3.63) is 50.6 Å². The lowest BCUT2D eigenvalue weighted by molar-refractivity contribution is -0.141. The minimum Gasteiger partial charge on any atom is -0.497 e. The molecule has 1 aromatic heterocycles. The van der Waals surface area contributed by atoms with E-state index < -0.39 is 18.6 Å². The van der Waals surface area contributed by atoms with Gasteiger partial charge in [0.25, 0.3) is 5.91 Å². The Kier molecular flexibility index (Phi) is 5.69. The van der Waals surface area contributed by atoms with Gasteiger partial charge in [-0.2, -0.15) is 24.5 Å². The number of alkyl halides is 3. The van der Waals surface area contributed by atoms with E-state index in [1.165, 1.54) is 24.5 Å². The molecule has 23 heavy (non-hydrogen) atoms. The Morgan fingerprint density at radius 2 is 2.09 bits per heavy atom. The number of benzene rings is 1. The number of rotatable bonds is 5. The predicted octanol–water partition coefficient (Wildman–Crippen LogP) is 4.72. The van der Waals surface area contributed by atoms with Gasteiger partial charge in [-0.3, -0.25) is 4.79 Å². The maximum Gasteiger partial charge on any atom is 0.406 e. The first-order valence-corrected chi connectivity index (χ1v) is 8.24. The Bertz CT molecular complexity index is 674. The highest BCUT2D eigenvalue weighted by molar-refractivity contribution is 9.10. The van der Waals surface area contributed by atoms with Crippen molar-refractivity contribution < 1.29 is 22.7 Å². The number of carbonyl (C=O) groups is 1. The van der Waals surface area contributed by atoms with E-state index in [0.29, 0.717) is 15.8 Å². The third kappa shape index (κ3) is 4.97. The second-order valence-corrected chi connectivity index (χ2v) is 6.39. The van der Waals surface area contributed by atoms with E-state index in [1.54, 1.807) is 29.0 Å². The van der Waals surface area contributed by atoms with Crippen molar-refractivity contribution in [3.63, 3.8) is 0 Å². The first-order valence-electron chi connectivity index (χ1n) is 6.51. The van der Waals surface area contributed by atoms with Gasteiger partial charge >= 0.3 is 6.18 Å². The van der Waals surface area contributed by atoms with Gasteiger partial charge in [0.2, 0.25) is 0 Å². The molecule has 0 radical (unpaired) electrons. The van der Waals surface area contributed by atoms with E-state index >= 15 is 0 Å². The van der Waals surface area contributed by atoms with E-state index in [1.807, 2.05) is 0 Å². The molecule has 0 saturated carbocycles. The van der Waals surface area contributed by atoms with Crippen LogP contribution in [0.4, 0.5) is 13.2 Å². The molecule has 1 amide bonds. The molecule has 0 spiro atoms. The Balaban J connectivity index is 2.32. The molecular weight excluding hydrogens is 395 g/mol. The monoisotopic (exact) mass is 407 g/mol.